The number of likely N-dealkylation sites (tertiary alicyclic amines) is 2. The molecule has 3 rings (SSSR count). The number of carbonyl (C=O) groups excluding carboxylic acids is 1. The summed E-state index contributed by atoms with van der Waals surface area (Å²) in [6.45, 7) is 4.86. The van der Waals surface area contributed by atoms with Crippen LogP contribution in [0.4, 0.5) is 0 Å². The van der Waals surface area contributed by atoms with Crippen LogP contribution in [-0.4, -0.2) is 46.9 Å². The number of nitrogens with zero attached hydrogens (tertiary/aromatic N) is 3. The van der Waals surface area contributed by atoms with Gasteiger partial charge in [-0.3, -0.25) is 14.7 Å². The zero-order chi connectivity index (χ0) is 15.2. The summed E-state index contributed by atoms with van der Waals surface area (Å²) < 4.78 is 0. The summed E-state index contributed by atoms with van der Waals surface area (Å²) >= 11 is 0. The Morgan fingerprint density at radius 1 is 1.14 bits per heavy atom. The Hall–Kier alpha value is -1.42. The van der Waals surface area contributed by atoms with Gasteiger partial charge in [-0.2, -0.15) is 0 Å². The largest absolute Gasteiger partial charge is 0.342 e. The molecule has 4 nitrogen and oxygen atoms in total. The van der Waals surface area contributed by atoms with Crippen LogP contribution in [0.5, 0.6) is 0 Å². The third-order valence-corrected chi connectivity index (χ3v) is 4.90. The Balaban J connectivity index is 1.56. The van der Waals surface area contributed by atoms with E-state index in [4.69, 9.17) is 0 Å². The molecule has 1 atom stereocenters. The highest BCUT2D eigenvalue weighted by molar-refractivity contribution is 5.79. The van der Waals surface area contributed by atoms with Gasteiger partial charge >= 0.3 is 0 Å². The zero-order valence-electron chi connectivity index (χ0n) is 13.4. The molecule has 3 heterocycles. The van der Waals surface area contributed by atoms with Crippen molar-refractivity contribution in [3.05, 3.63) is 30.1 Å². The van der Waals surface area contributed by atoms with Gasteiger partial charge < -0.3 is 4.90 Å². The molecule has 22 heavy (non-hydrogen) atoms. The highest BCUT2D eigenvalue weighted by Gasteiger charge is 2.29. The van der Waals surface area contributed by atoms with Gasteiger partial charge in [-0.15, -0.1) is 0 Å². The highest BCUT2D eigenvalue weighted by atomic mass is 16.2. The molecule has 0 bridgehead atoms. The quantitative estimate of drug-likeness (QED) is 0.861. The maximum absolute atomic E-state index is 12.8. The molecule has 0 aliphatic carbocycles. The molecule has 2 fully saturated rings. The molecule has 120 valence electrons. The van der Waals surface area contributed by atoms with E-state index < -0.39 is 0 Å². The van der Waals surface area contributed by atoms with Gasteiger partial charge in [-0.05, 0) is 43.9 Å². The Morgan fingerprint density at radius 3 is 2.68 bits per heavy atom. The molecular weight excluding hydrogens is 274 g/mol. The summed E-state index contributed by atoms with van der Waals surface area (Å²) in [4.78, 5) is 21.5. The second-order valence-electron chi connectivity index (χ2n) is 6.68. The first-order valence-electron chi connectivity index (χ1n) is 8.73. The van der Waals surface area contributed by atoms with Gasteiger partial charge in [0.2, 0.25) is 5.91 Å². The van der Waals surface area contributed by atoms with E-state index in [1.807, 2.05) is 18.5 Å². The van der Waals surface area contributed by atoms with Crippen molar-refractivity contribution in [2.75, 3.05) is 26.2 Å². The van der Waals surface area contributed by atoms with Gasteiger partial charge in [0.15, 0.2) is 0 Å². The van der Waals surface area contributed by atoms with Crippen molar-refractivity contribution in [3.63, 3.8) is 0 Å². The fourth-order valence-electron chi connectivity index (χ4n) is 3.70. The molecule has 2 saturated heterocycles. The van der Waals surface area contributed by atoms with E-state index in [-0.39, 0.29) is 5.92 Å². The molecule has 0 radical (unpaired) electrons. The number of hydrogen-bond acceptors (Lipinski definition) is 3. The Morgan fingerprint density at radius 2 is 1.95 bits per heavy atom. The minimum absolute atomic E-state index is 0.198. The van der Waals surface area contributed by atoms with E-state index in [0.29, 0.717) is 5.91 Å². The van der Waals surface area contributed by atoms with E-state index in [0.717, 1.165) is 45.6 Å². The van der Waals surface area contributed by atoms with Crippen LogP contribution in [-0.2, 0) is 11.3 Å². The lowest BCUT2D eigenvalue weighted by Crippen LogP contribution is -2.44. The standard InChI is InChI=1S/C18H27N3O/c22-18(21-11-3-1-2-4-12-21)17-8-6-10-20(15-17)14-16-7-5-9-19-13-16/h5,7,9,13,17H,1-4,6,8,10-12,14-15H2. The maximum atomic E-state index is 12.8. The molecule has 2 aliphatic heterocycles. The average molecular weight is 301 g/mol. The number of amides is 1. The van der Waals surface area contributed by atoms with Crippen LogP contribution >= 0.6 is 0 Å². The second kappa shape index (κ2) is 7.73. The van der Waals surface area contributed by atoms with Crippen LogP contribution in [0.2, 0.25) is 0 Å². The van der Waals surface area contributed by atoms with E-state index in [9.17, 15) is 4.79 Å². The van der Waals surface area contributed by atoms with Gasteiger partial charge in [0, 0.05) is 38.6 Å². The lowest BCUT2D eigenvalue weighted by molar-refractivity contribution is -0.137. The Kier molecular flexibility index (Phi) is 5.43. The van der Waals surface area contributed by atoms with Crippen molar-refractivity contribution in [2.24, 2.45) is 5.92 Å². The van der Waals surface area contributed by atoms with E-state index in [1.165, 1.54) is 31.2 Å². The van der Waals surface area contributed by atoms with Crippen LogP contribution in [0.15, 0.2) is 24.5 Å². The van der Waals surface area contributed by atoms with Gasteiger partial charge in [0.25, 0.3) is 0 Å². The van der Waals surface area contributed by atoms with Crippen molar-refractivity contribution in [3.8, 4) is 0 Å². The Bertz CT molecular complexity index is 468. The summed E-state index contributed by atoms with van der Waals surface area (Å²) in [5.74, 6) is 0.598. The van der Waals surface area contributed by atoms with Gasteiger partial charge in [-0.25, -0.2) is 0 Å². The fraction of sp³-hybridized carbons (Fsp3) is 0.667. The molecule has 0 saturated carbocycles. The van der Waals surface area contributed by atoms with Crippen molar-refractivity contribution < 1.29 is 4.79 Å². The van der Waals surface area contributed by atoms with E-state index in [1.54, 1.807) is 0 Å². The molecule has 1 unspecified atom stereocenters. The zero-order valence-corrected chi connectivity index (χ0v) is 13.4. The lowest BCUT2D eigenvalue weighted by Gasteiger charge is -2.34. The van der Waals surface area contributed by atoms with Crippen molar-refractivity contribution in [1.29, 1.82) is 0 Å². The summed E-state index contributed by atoms with van der Waals surface area (Å²) in [6.07, 6.45) is 10.8. The molecule has 1 aromatic heterocycles. The number of pyridine rings is 1. The predicted octanol–water partition coefficient (Wildman–Crippen LogP) is 2.70. The average Bonchev–Trinajstić information content (AvgIpc) is 2.85. The second-order valence-corrected chi connectivity index (χ2v) is 6.68. The number of aromatic nitrogens is 1. The van der Waals surface area contributed by atoms with Crippen LogP contribution in [0.3, 0.4) is 0 Å². The van der Waals surface area contributed by atoms with Gasteiger partial charge in [0.1, 0.15) is 0 Å². The minimum Gasteiger partial charge on any atom is -0.342 e. The van der Waals surface area contributed by atoms with Gasteiger partial charge in [0.05, 0.1) is 5.92 Å². The van der Waals surface area contributed by atoms with Gasteiger partial charge in [-0.1, -0.05) is 18.9 Å². The molecule has 2 aliphatic rings. The maximum Gasteiger partial charge on any atom is 0.226 e. The third-order valence-electron chi connectivity index (χ3n) is 4.90. The minimum atomic E-state index is 0.198. The summed E-state index contributed by atoms with van der Waals surface area (Å²) in [6, 6.07) is 4.10. The van der Waals surface area contributed by atoms with E-state index >= 15 is 0 Å². The molecule has 1 amide bonds. The SMILES string of the molecule is O=C(C1CCCN(Cc2cccnc2)C1)N1CCCCCC1. The number of carbonyl (C=O) groups is 1. The summed E-state index contributed by atoms with van der Waals surface area (Å²) in [7, 11) is 0. The number of piperidine rings is 1. The van der Waals surface area contributed by atoms with Crippen LogP contribution < -0.4 is 0 Å². The monoisotopic (exact) mass is 301 g/mol. The van der Waals surface area contributed by atoms with Crippen LogP contribution in [0.1, 0.15) is 44.1 Å². The normalized spacial score (nSPS) is 24.0. The third kappa shape index (κ3) is 4.07. The van der Waals surface area contributed by atoms with Crippen molar-refractivity contribution in [1.82, 2.24) is 14.8 Å². The smallest absolute Gasteiger partial charge is 0.226 e. The Labute approximate surface area is 133 Å². The number of hydrogen-bond donors (Lipinski definition) is 0. The topological polar surface area (TPSA) is 36.4 Å². The summed E-state index contributed by atoms with van der Waals surface area (Å²) in [5.41, 5.74) is 1.24. The van der Waals surface area contributed by atoms with Crippen molar-refractivity contribution in [2.45, 2.75) is 45.1 Å². The summed E-state index contributed by atoms with van der Waals surface area (Å²) in [5, 5.41) is 0. The van der Waals surface area contributed by atoms with Crippen LogP contribution in [0.25, 0.3) is 0 Å². The predicted molar refractivity (Wildman–Crippen MR) is 87.3 cm³/mol. The molecule has 0 spiro atoms. The molecular formula is C18H27N3O. The van der Waals surface area contributed by atoms with Crippen LogP contribution in [0, 0.1) is 5.92 Å². The number of rotatable bonds is 3. The molecule has 0 aromatic carbocycles. The molecule has 1 aromatic rings. The first kappa shape index (κ1) is 15.5. The van der Waals surface area contributed by atoms with E-state index in [2.05, 4.69) is 20.9 Å². The highest BCUT2D eigenvalue weighted by Crippen LogP contribution is 2.22. The fourth-order valence-corrected chi connectivity index (χ4v) is 3.70. The molecule has 0 N–H and O–H groups in total. The van der Waals surface area contributed by atoms with Crippen molar-refractivity contribution >= 4 is 5.91 Å². The first-order valence-corrected chi connectivity index (χ1v) is 8.73. The first-order chi connectivity index (χ1) is 10.8. The lowest BCUT2D eigenvalue weighted by atomic mass is 9.96. The molecule has 4 heteroatoms.